The average molecular weight is 333 g/mol. The van der Waals surface area contributed by atoms with Crippen molar-refractivity contribution in [2.75, 3.05) is 18.4 Å². The van der Waals surface area contributed by atoms with Crippen molar-refractivity contribution in [3.05, 3.63) is 28.2 Å². The first-order valence-electron chi connectivity index (χ1n) is 6.57. The van der Waals surface area contributed by atoms with E-state index in [1.165, 1.54) is 0 Å². The number of hydrogen-bond acceptors (Lipinski definition) is 3. The monoisotopic (exact) mass is 332 g/mol. The zero-order chi connectivity index (χ0) is 16.0. The fourth-order valence-electron chi connectivity index (χ4n) is 1.86. The zero-order valence-electron chi connectivity index (χ0n) is 11.9. The van der Waals surface area contributed by atoms with Crippen LogP contribution in [0.2, 0.25) is 10.0 Å². The molecule has 0 bridgehead atoms. The third kappa shape index (κ3) is 5.53. The number of halogens is 2. The topological polar surface area (TPSA) is 69.6 Å². The molecule has 0 fully saturated rings. The van der Waals surface area contributed by atoms with Gasteiger partial charge in [-0.15, -0.1) is 0 Å². The van der Waals surface area contributed by atoms with Crippen LogP contribution in [-0.2, 0) is 9.59 Å². The molecular formula is C14H18Cl2N2O3. The lowest BCUT2D eigenvalue weighted by molar-refractivity contribution is -0.139. The van der Waals surface area contributed by atoms with Gasteiger partial charge in [0.05, 0.1) is 22.6 Å². The molecule has 0 aliphatic heterocycles. The number of rotatable bonds is 7. The Bertz CT molecular complexity index is 523. The number of nitrogens with zero attached hydrogens (tertiary/aromatic N) is 1. The molecule has 2 N–H and O–H groups in total. The molecule has 0 radical (unpaired) electrons. The standard InChI is InChI=1S/C14H18Cl2N2O3/c1-3-6-18(8-13(19)20)9(2)14(21)17-10-4-5-11(15)12(16)7-10/h4-5,7,9H,3,6,8H2,1-2H3,(H,17,21)(H,19,20). The van der Waals surface area contributed by atoms with Crippen LogP contribution < -0.4 is 5.32 Å². The molecule has 21 heavy (non-hydrogen) atoms. The largest absolute Gasteiger partial charge is 0.480 e. The summed E-state index contributed by atoms with van der Waals surface area (Å²) in [5.41, 5.74) is 0.521. The number of amides is 1. The minimum Gasteiger partial charge on any atom is -0.480 e. The maximum Gasteiger partial charge on any atom is 0.317 e. The lowest BCUT2D eigenvalue weighted by Gasteiger charge is -2.26. The maximum absolute atomic E-state index is 12.2. The Balaban J connectivity index is 2.75. The number of carbonyl (C=O) groups excluding carboxylic acids is 1. The number of carboxylic acids is 1. The predicted octanol–water partition coefficient (Wildman–Crippen LogP) is 3.12. The second-order valence-corrected chi connectivity index (χ2v) is 5.47. The van der Waals surface area contributed by atoms with E-state index >= 15 is 0 Å². The molecule has 0 aliphatic carbocycles. The predicted molar refractivity (Wildman–Crippen MR) is 84.1 cm³/mol. The van der Waals surface area contributed by atoms with Crippen LogP contribution in [0.3, 0.4) is 0 Å². The molecule has 1 atom stereocenters. The SMILES string of the molecule is CCCN(CC(=O)O)C(C)C(=O)Nc1ccc(Cl)c(Cl)c1. The molecular weight excluding hydrogens is 315 g/mol. The highest BCUT2D eigenvalue weighted by molar-refractivity contribution is 6.42. The van der Waals surface area contributed by atoms with Gasteiger partial charge in [-0.1, -0.05) is 30.1 Å². The highest BCUT2D eigenvalue weighted by Gasteiger charge is 2.22. The first-order valence-corrected chi connectivity index (χ1v) is 7.32. The van der Waals surface area contributed by atoms with E-state index in [2.05, 4.69) is 5.32 Å². The molecule has 5 nitrogen and oxygen atoms in total. The third-order valence-electron chi connectivity index (χ3n) is 2.96. The van der Waals surface area contributed by atoms with Crippen molar-refractivity contribution < 1.29 is 14.7 Å². The van der Waals surface area contributed by atoms with Crippen molar-refractivity contribution in [3.63, 3.8) is 0 Å². The Hall–Kier alpha value is -1.30. The molecule has 0 heterocycles. The normalized spacial score (nSPS) is 12.2. The van der Waals surface area contributed by atoms with E-state index in [0.29, 0.717) is 22.3 Å². The maximum atomic E-state index is 12.2. The quantitative estimate of drug-likeness (QED) is 0.804. The second-order valence-electron chi connectivity index (χ2n) is 4.66. The highest BCUT2D eigenvalue weighted by atomic mass is 35.5. The molecule has 0 aliphatic rings. The van der Waals surface area contributed by atoms with Crippen LogP contribution in [0.4, 0.5) is 5.69 Å². The van der Waals surface area contributed by atoms with Gasteiger partial charge in [-0.3, -0.25) is 14.5 Å². The first kappa shape index (κ1) is 17.8. The molecule has 7 heteroatoms. The lowest BCUT2D eigenvalue weighted by Crippen LogP contribution is -2.44. The number of carbonyl (C=O) groups is 2. The van der Waals surface area contributed by atoms with Gasteiger partial charge in [-0.25, -0.2) is 0 Å². The van der Waals surface area contributed by atoms with E-state index in [9.17, 15) is 9.59 Å². The summed E-state index contributed by atoms with van der Waals surface area (Å²) in [6.45, 7) is 3.95. The number of benzene rings is 1. The Kier molecular flexibility index (Phi) is 6.95. The summed E-state index contributed by atoms with van der Waals surface area (Å²) in [6.07, 6.45) is 0.762. The third-order valence-corrected chi connectivity index (χ3v) is 3.70. The van der Waals surface area contributed by atoms with Gasteiger partial charge < -0.3 is 10.4 Å². The van der Waals surface area contributed by atoms with Crippen LogP contribution in [0.25, 0.3) is 0 Å². The van der Waals surface area contributed by atoms with Gasteiger partial charge in [0.1, 0.15) is 0 Å². The van der Waals surface area contributed by atoms with E-state index < -0.39 is 12.0 Å². The summed E-state index contributed by atoms with van der Waals surface area (Å²) in [5, 5.41) is 12.3. The van der Waals surface area contributed by atoms with Crippen LogP contribution in [-0.4, -0.2) is 41.0 Å². The fraction of sp³-hybridized carbons (Fsp3) is 0.429. The summed E-state index contributed by atoms with van der Waals surface area (Å²) >= 11 is 11.7. The molecule has 1 rings (SSSR count). The molecule has 0 saturated carbocycles. The number of carboxylic acid groups (broad SMARTS) is 1. The van der Waals surface area contributed by atoms with Crippen LogP contribution >= 0.6 is 23.2 Å². The van der Waals surface area contributed by atoms with E-state index in [1.54, 1.807) is 30.0 Å². The molecule has 1 aromatic rings. The van der Waals surface area contributed by atoms with Crippen molar-refractivity contribution >= 4 is 40.8 Å². The Morgan fingerprint density at radius 2 is 2.00 bits per heavy atom. The van der Waals surface area contributed by atoms with Crippen LogP contribution in [0.1, 0.15) is 20.3 Å². The van der Waals surface area contributed by atoms with Gasteiger partial charge in [0.2, 0.25) is 5.91 Å². The summed E-state index contributed by atoms with van der Waals surface area (Å²) in [4.78, 5) is 24.6. The zero-order valence-corrected chi connectivity index (χ0v) is 13.4. The minimum atomic E-state index is -0.961. The van der Waals surface area contributed by atoms with Crippen LogP contribution in [0, 0.1) is 0 Å². The number of nitrogens with one attached hydrogen (secondary N) is 1. The average Bonchev–Trinajstić information content (AvgIpc) is 2.41. The van der Waals surface area contributed by atoms with Gasteiger partial charge in [-0.05, 0) is 38.1 Å². The number of hydrogen-bond donors (Lipinski definition) is 2. The molecule has 116 valence electrons. The highest BCUT2D eigenvalue weighted by Crippen LogP contribution is 2.25. The minimum absolute atomic E-state index is 0.177. The van der Waals surface area contributed by atoms with Gasteiger partial charge in [-0.2, -0.15) is 0 Å². The number of aliphatic carboxylic acids is 1. The van der Waals surface area contributed by atoms with Gasteiger partial charge >= 0.3 is 5.97 Å². The second kappa shape index (κ2) is 8.22. The Morgan fingerprint density at radius 3 is 2.52 bits per heavy atom. The van der Waals surface area contributed by atoms with Gasteiger partial charge in [0.25, 0.3) is 0 Å². The summed E-state index contributed by atoms with van der Waals surface area (Å²) in [6, 6.07) is 4.22. The Morgan fingerprint density at radius 1 is 1.33 bits per heavy atom. The summed E-state index contributed by atoms with van der Waals surface area (Å²) in [7, 11) is 0. The van der Waals surface area contributed by atoms with Crippen molar-refractivity contribution in [2.24, 2.45) is 0 Å². The van der Waals surface area contributed by atoms with E-state index in [1.807, 2.05) is 6.92 Å². The van der Waals surface area contributed by atoms with E-state index in [4.69, 9.17) is 28.3 Å². The van der Waals surface area contributed by atoms with Gasteiger partial charge in [0, 0.05) is 5.69 Å². The van der Waals surface area contributed by atoms with Crippen molar-refractivity contribution in [1.29, 1.82) is 0 Å². The van der Waals surface area contributed by atoms with Gasteiger partial charge in [0.15, 0.2) is 0 Å². The fourth-order valence-corrected chi connectivity index (χ4v) is 2.16. The number of anilines is 1. The summed E-state index contributed by atoms with van der Waals surface area (Å²) in [5.74, 6) is -1.25. The lowest BCUT2D eigenvalue weighted by atomic mass is 10.2. The first-order chi connectivity index (χ1) is 9.85. The molecule has 1 amide bonds. The molecule has 1 aromatic carbocycles. The summed E-state index contributed by atoms with van der Waals surface area (Å²) < 4.78 is 0. The Labute approximate surface area is 133 Å². The van der Waals surface area contributed by atoms with Crippen molar-refractivity contribution in [1.82, 2.24) is 4.90 Å². The van der Waals surface area contributed by atoms with Crippen molar-refractivity contribution in [2.45, 2.75) is 26.3 Å². The molecule has 0 aromatic heterocycles. The van der Waals surface area contributed by atoms with E-state index in [-0.39, 0.29) is 12.5 Å². The van der Waals surface area contributed by atoms with Crippen molar-refractivity contribution in [3.8, 4) is 0 Å². The molecule has 0 spiro atoms. The van der Waals surface area contributed by atoms with Crippen LogP contribution in [0.5, 0.6) is 0 Å². The molecule has 1 unspecified atom stereocenters. The van der Waals surface area contributed by atoms with Crippen LogP contribution in [0.15, 0.2) is 18.2 Å². The smallest absolute Gasteiger partial charge is 0.317 e. The molecule has 0 saturated heterocycles. The van der Waals surface area contributed by atoms with E-state index in [0.717, 1.165) is 6.42 Å².